The number of hydrogen-bond acceptors (Lipinski definition) is 5. The van der Waals surface area contributed by atoms with Crippen LogP contribution in [0.15, 0.2) is 54.2 Å². The van der Waals surface area contributed by atoms with Crippen molar-refractivity contribution in [1.82, 2.24) is 9.80 Å². The van der Waals surface area contributed by atoms with Gasteiger partial charge in [0, 0.05) is 38.8 Å². The van der Waals surface area contributed by atoms with Crippen LogP contribution < -0.4 is 10.2 Å². The first-order valence-corrected chi connectivity index (χ1v) is 10.1. The van der Waals surface area contributed by atoms with Gasteiger partial charge >= 0.3 is 0 Å². The van der Waals surface area contributed by atoms with Crippen LogP contribution in [0.2, 0.25) is 0 Å². The Morgan fingerprint density at radius 1 is 0.968 bits per heavy atom. The minimum Gasteiger partial charge on any atom is -0.364 e. The van der Waals surface area contributed by atoms with Crippen molar-refractivity contribution in [3.8, 4) is 0 Å². The minimum absolute atomic E-state index is 0.200. The van der Waals surface area contributed by atoms with Gasteiger partial charge in [-0.1, -0.05) is 18.2 Å². The Morgan fingerprint density at radius 2 is 1.65 bits per heavy atom. The molecule has 0 bridgehead atoms. The van der Waals surface area contributed by atoms with E-state index in [9.17, 15) is 18.8 Å². The van der Waals surface area contributed by atoms with Gasteiger partial charge < -0.3 is 15.1 Å². The lowest BCUT2D eigenvalue weighted by atomic mass is 10.0. The van der Waals surface area contributed by atoms with Crippen LogP contribution in [0, 0.1) is 5.82 Å². The predicted octanol–water partition coefficient (Wildman–Crippen LogP) is 2.32. The topological polar surface area (TPSA) is 73.0 Å². The second-order valence-corrected chi connectivity index (χ2v) is 7.70. The normalized spacial score (nSPS) is 17.5. The van der Waals surface area contributed by atoms with Crippen molar-refractivity contribution >= 4 is 34.7 Å². The highest BCUT2D eigenvalue weighted by molar-refractivity contribution is 6.45. The smallest absolute Gasteiger partial charge is 0.282 e. The molecule has 2 aromatic rings. The van der Waals surface area contributed by atoms with Crippen LogP contribution in [0.25, 0.3) is 5.57 Å². The third-order valence-corrected chi connectivity index (χ3v) is 5.44. The summed E-state index contributed by atoms with van der Waals surface area (Å²) < 4.78 is 13.8. The van der Waals surface area contributed by atoms with Crippen LogP contribution in [0.5, 0.6) is 0 Å². The molecule has 0 atom stereocenters. The molecule has 3 amide bonds. The summed E-state index contributed by atoms with van der Waals surface area (Å²) in [5.41, 5.74) is 1.98. The first-order chi connectivity index (χ1) is 14.8. The fraction of sp³-hybridized carbons (Fsp3) is 0.261. The van der Waals surface area contributed by atoms with Gasteiger partial charge in [0.2, 0.25) is 5.91 Å². The lowest BCUT2D eigenvalue weighted by molar-refractivity contribution is -0.121. The Morgan fingerprint density at radius 3 is 2.26 bits per heavy atom. The van der Waals surface area contributed by atoms with Crippen molar-refractivity contribution in [3.63, 3.8) is 0 Å². The molecule has 1 fully saturated rings. The molecule has 2 aromatic carbocycles. The average molecular weight is 422 g/mol. The van der Waals surface area contributed by atoms with E-state index in [-0.39, 0.29) is 17.2 Å². The largest absolute Gasteiger partial charge is 0.364 e. The van der Waals surface area contributed by atoms with Gasteiger partial charge in [0.25, 0.3) is 11.8 Å². The molecular weight excluding hydrogens is 399 g/mol. The number of anilines is 2. The van der Waals surface area contributed by atoms with E-state index in [1.165, 1.54) is 25.1 Å². The first-order valence-electron chi connectivity index (χ1n) is 10.1. The number of imide groups is 1. The fourth-order valence-electron chi connectivity index (χ4n) is 3.87. The zero-order valence-corrected chi connectivity index (χ0v) is 17.4. The molecule has 8 heteroatoms. The summed E-state index contributed by atoms with van der Waals surface area (Å²) in [5.74, 6) is -1.67. The lowest BCUT2D eigenvalue weighted by Crippen LogP contribution is -2.46. The fourth-order valence-corrected chi connectivity index (χ4v) is 3.87. The molecule has 0 aromatic heterocycles. The maximum atomic E-state index is 13.8. The van der Waals surface area contributed by atoms with Gasteiger partial charge in [-0.3, -0.25) is 14.4 Å². The van der Waals surface area contributed by atoms with Gasteiger partial charge in [0.15, 0.2) is 0 Å². The molecular formula is C23H23FN4O3. The number of nitrogens with zero attached hydrogens (tertiary/aromatic N) is 3. The van der Waals surface area contributed by atoms with Crippen molar-refractivity contribution < 1.29 is 18.8 Å². The number of carbonyl (C=O) groups is 3. The molecule has 0 saturated carbocycles. The number of carbonyl (C=O) groups excluding carboxylic acids is 3. The molecule has 0 unspecified atom stereocenters. The van der Waals surface area contributed by atoms with Crippen molar-refractivity contribution in [2.75, 3.05) is 43.4 Å². The summed E-state index contributed by atoms with van der Waals surface area (Å²) in [6, 6.07) is 12.3. The third kappa shape index (κ3) is 4.06. The number of hydrogen-bond donors (Lipinski definition) is 1. The first kappa shape index (κ1) is 20.7. The molecule has 0 aliphatic carbocycles. The van der Waals surface area contributed by atoms with Crippen molar-refractivity contribution in [1.29, 1.82) is 0 Å². The standard InChI is InChI=1S/C23H23FN4O3/c1-15(29)25-18-8-6-16(7-9-18)20-21(27-12-10-26(2)11-13-27)23(31)28(22(20)30)19-5-3-4-17(24)14-19/h3-9,14H,10-13H2,1-2H3,(H,25,29). The highest BCUT2D eigenvalue weighted by atomic mass is 19.1. The van der Waals surface area contributed by atoms with Crippen LogP contribution in [0.4, 0.5) is 15.8 Å². The Labute approximate surface area is 179 Å². The Bertz CT molecular complexity index is 1070. The molecule has 0 spiro atoms. The van der Waals surface area contributed by atoms with Gasteiger partial charge in [-0.2, -0.15) is 0 Å². The average Bonchev–Trinajstić information content (AvgIpc) is 2.99. The summed E-state index contributed by atoms with van der Waals surface area (Å²) in [6.45, 7) is 4.15. The second-order valence-electron chi connectivity index (χ2n) is 7.70. The zero-order valence-electron chi connectivity index (χ0n) is 17.4. The van der Waals surface area contributed by atoms with Gasteiger partial charge in [0.1, 0.15) is 11.5 Å². The van der Waals surface area contributed by atoms with Gasteiger partial charge in [-0.15, -0.1) is 0 Å². The van der Waals surface area contributed by atoms with Crippen LogP contribution in [0.3, 0.4) is 0 Å². The summed E-state index contributed by atoms with van der Waals surface area (Å²) in [5, 5.41) is 2.69. The van der Waals surface area contributed by atoms with Gasteiger partial charge in [-0.05, 0) is 42.9 Å². The number of halogens is 1. The Kier molecular flexibility index (Phi) is 5.56. The SMILES string of the molecule is CC(=O)Nc1ccc(C2=C(N3CCN(C)CC3)C(=O)N(c3cccc(F)c3)C2=O)cc1. The van der Waals surface area contributed by atoms with E-state index in [2.05, 4.69) is 10.2 Å². The van der Waals surface area contributed by atoms with E-state index in [4.69, 9.17) is 0 Å². The maximum absolute atomic E-state index is 13.8. The summed E-state index contributed by atoms with van der Waals surface area (Å²) in [7, 11) is 2.01. The molecule has 160 valence electrons. The minimum atomic E-state index is -0.521. The summed E-state index contributed by atoms with van der Waals surface area (Å²) in [6.07, 6.45) is 0. The molecule has 1 saturated heterocycles. The van der Waals surface area contributed by atoms with E-state index in [1.807, 2.05) is 11.9 Å². The van der Waals surface area contributed by atoms with Crippen molar-refractivity contribution in [3.05, 3.63) is 65.6 Å². The van der Waals surface area contributed by atoms with E-state index in [0.717, 1.165) is 18.0 Å². The molecule has 31 heavy (non-hydrogen) atoms. The van der Waals surface area contributed by atoms with Crippen LogP contribution in [-0.2, 0) is 14.4 Å². The molecule has 1 N–H and O–H groups in total. The van der Waals surface area contributed by atoms with E-state index in [0.29, 0.717) is 30.0 Å². The summed E-state index contributed by atoms with van der Waals surface area (Å²) >= 11 is 0. The number of benzene rings is 2. The Hall–Kier alpha value is -3.52. The molecule has 2 heterocycles. The predicted molar refractivity (Wildman–Crippen MR) is 116 cm³/mol. The number of nitrogens with one attached hydrogen (secondary N) is 1. The highest BCUT2D eigenvalue weighted by Gasteiger charge is 2.43. The number of likely N-dealkylation sites (N-methyl/N-ethyl adjacent to an activating group) is 1. The van der Waals surface area contributed by atoms with Crippen LogP contribution in [0.1, 0.15) is 12.5 Å². The number of piperazine rings is 1. The zero-order chi connectivity index (χ0) is 22.1. The molecule has 4 rings (SSSR count). The molecule has 2 aliphatic rings. The molecule has 2 aliphatic heterocycles. The van der Waals surface area contributed by atoms with Gasteiger partial charge in [0.05, 0.1) is 11.3 Å². The van der Waals surface area contributed by atoms with Crippen molar-refractivity contribution in [2.45, 2.75) is 6.92 Å². The van der Waals surface area contributed by atoms with Crippen molar-refractivity contribution in [2.24, 2.45) is 0 Å². The Balaban J connectivity index is 1.77. The van der Waals surface area contributed by atoms with E-state index >= 15 is 0 Å². The van der Waals surface area contributed by atoms with E-state index < -0.39 is 17.6 Å². The molecule has 7 nitrogen and oxygen atoms in total. The second kappa shape index (κ2) is 8.31. The number of amides is 3. The lowest BCUT2D eigenvalue weighted by Gasteiger charge is -2.34. The summed E-state index contributed by atoms with van der Waals surface area (Å²) in [4.78, 5) is 43.3. The highest BCUT2D eigenvalue weighted by Crippen LogP contribution is 2.35. The third-order valence-electron chi connectivity index (χ3n) is 5.44. The molecule has 0 radical (unpaired) electrons. The monoisotopic (exact) mass is 422 g/mol. The van der Waals surface area contributed by atoms with Gasteiger partial charge in [-0.25, -0.2) is 9.29 Å². The number of rotatable bonds is 4. The van der Waals surface area contributed by atoms with Crippen LogP contribution >= 0.6 is 0 Å². The van der Waals surface area contributed by atoms with Crippen LogP contribution in [-0.4, -0.2) is 60.7 Å². The quantitative estimate of drug-likeness (QED) is 0.766. The van der Waals surface area contributed by atoms with E-state index in [1.54, 1.807) is 30.3 Å². The maximum Gasteiger partial charge on any atom is 0.282 e.